The van der Waals surface area contributed by atoms with Gasteiger partial charge >= 0.3 is 6.09 Å². The van der Waals surface area contributed by atoms with Crippen LogP contribution in [0.1, 0.15) is 74.7 Å². The molecule has 0 aromatic rings. The Labute approximate surface area is 238 Å². The second kappa shape index (κ2) is 12.6. The number of alkyl carbamates (subject to hydrolysis) is 1. The third kappa shape index (κ3) is 7.95. The number of fused-ring (bicyclic) bond motifs is 1. The highest BCUT2D eigenvalue weighted by atomic mass is 16.6. The Balaban J connectivity index is 2.30. The molecule has 1 heterocycles. The van der Waals surface area contributed by atoms with E-state index < -0.39 is 58.7 Å². The Morgan fingerprint density at radius 2 is 1.60 bits per heavy atom. The molecule has 1 aliphatic heterocycles. The number of rotatable bonds is 12. The number of piperidine rings is 1. The zero-order valence-corrected chi connectivity index (χ0v) is 25.4. The Hall–Kier alpha value is -3.17. The fourth-order valence-electron chi connectivity index (χ4n) is 5.40. The van der Waals surface area contributed by atoms with Crippen LogP contribution in [0.4, 0.5) is 4.79 Å². The average molecular weight is 561 g/mol. The van der Waals surface area contributed by atoms with Crippen molar-refractivity contribution in [1.29, 1.82) is 0 Å². The quantitative estimate of drug-likeness (QED) is 0.191. The molecule has 1 saturated carbocycles. The molecular weight excluding hydrogens is 512 g/mol. The van der Waals surface area contributed by atoms with E-state index in [4.69, 9.17) is 4.74 Å². The van der Waals surface area contributed by atoms with Gasteiger partial charge in [-0.2, -0.15) is 0 Å². The van der Waals surface area contributed by atoms with E-state index >= 15 is 0 Å². The Morgan fingerprint density at radius 3 is 2.12 bits per heavy atom. The van der Waals surface area contributed by atoms with E-state index in [1.807, 2.05) is 20.8 Å². The highest BCUT2D eigenvalue weighted by Gasteiger charge is 2.70. The van der Waals surface area contributed by atoms with Gasteiger partial charge in [-0.15, -0.1) is 13.2 Å². The molecule has 0 aromatic carbocycles. The number of likely N-dealkylation sites (tertiary alicyclic amines) is 1. The summed E-state index contributed by atoms with van der Waals surface area (Å²) in [6.07, 6.45) is 3.64. The molecule has 4 amide bonds. The van der Waals surface area contributed by atoms with Crippen molar-refractivity contribution < 1.29 is 28.7 Å². The summed E-state index contributed by atoms with van der Waals surface area (Å²) in [4.78, 5) is 67.4. The van der Waals surface area contributed by atoms with Crippen molar-refractivity contribution in [1.82, 2.24) is 20.9 Å². The molecule has 5 atom stereocenters. The normalized spacial score (nSPS) is 22.7. The number of amides is 4. The van der Waals surface area contributed by atoms with E-state index in [0.29, 0.717) is 19.4 Å². The van der Waals surface area contributed by atoms with Crippen molar-refractivity contribution in [2.75, 3.05) is 13.1 Å². The predicted octanol–water partition coefficient (Wildman–Crippen LogP) is 3.12. The molecule has 40 heavy (non-hydrogen) atoms. The lowest BCUT2D eigenvalue weighted by molar-refractivity contribution is -0.145. The molecular formula is C30H48N4O6. The minimum Gasteiger partial charge on any atom is -0.444 e. The summed E-state index contributed by atoms with van der Waals surface area (Å²) in [6.45, 7) is 22.7. The third-order valence-electron chi connectivity index (χ3n) is 7.68. The van der Waals surface area contributed by atoms with Gasteiger partial charge in [0.05, 0.1) is 6.04 Å². The van der Waals surface area contributed by atoms with E-state index in [1.165, 1.54) is 4.90 Å². The lowest BCUT2D eigenvalue weighted by Crippen LogP contribution is -2.60. The van der Waals surface area contributed by atoms with Crippen LogP contribution >= 0.6 is 0 Å². The largest absolute Gasteiger partial charge is 0.444 e. The summed E-state index contributed by atoms with van der Waals surface area (Å²) in [7, 11) is 0. The first-order valence-electron chi connectivity index (χ1n) is 14.0. The first-order valence-corrected chi connectivity index (χ1v) is 14.0. The molecule has 10 nitrogen and oxygen atoms in total. The van der Waals surface area contributed by atoms with Gasteiger partial charge in [0.1, 0.15) is 17.7 Å². The minimum absolute atomic E-state index is 0.0962. The van der Waals surface area contributed by atoms with E-state index in [0.717, 1.165) is 0 Å². The van der Waals surface area contributed by atoms with Crippen LogP contribution in [0.25, 0.3) is 0 Å². The number of carbonyl (C=O) groups is 5. The van der Waals surface area contributed by atoms with Crippen molar-refractivity contribution in [3.05, 3.63) is 25.3 Å². The second-order valence-corrected chi connectivity index (χ2v) is 13.5. The highest BCUT2D eigenvalue weighted by Crippen LogP contribution is 2.65. The summed E-state index contributed by atoms with van der Waals surface area (Å²) >= 11 is 0. The van der Waals surface area contributed by atoms with Gasteiger partial charge in [-0.1, -0.05) is 46.8 Å². The average Bonchev–Trinajstić information content (AvgIpc) is 3.15. The van der Waals surface area contributed by atoms with Gasteiger partial charge < -0.3 is 25.6 Å². The molecule has 3 N–H and O–H groups in total. The van der Waals surface area contributed by atoms with Crippen LogP contribution < -0.4 is 16.0 Å². The first-order chi connectivity index (χ1) is 18.4. The van der Waals surface area contributed by atoms with Gasteiger partial charge in [0.2, 0.25) is 17.6 Å². The van der Waals surface area contributed by atoms with Gasteiger partial charge in [-0.25, -0.2) is 4.79 Å². The maximum atomic E-state index is 14.0. The van der Waals surface area contributed by atoms with Gasteiger partial charge in [0.25, 0.3) is 5.91 Å². The molecule has 1 aliphatic carbocycles. The fraction of sp³-hybridized carbons (Fsp3) is 0.700. The number of nitrogens with one attached hydrogen (secondary N) is 3. The first kappa shape index (κ1) is 33.0. The van der Waals surface area contributed by atoms with Crippen LogP contribution in [0, 0.1) is 22.7 Å². The van der Waals surface area contributed by atoms with Crippen molar-refractivity contribution in [2.45, 2.75) is 98.4 Å². The summed E-state index contributed by atoms with van der Waals surface area (Å²) in [5.41, 5.74) is -1.59. The summed E-state index contributed by atoms with van der Waals surface area (Å²) < 4.78 is 5.40. The smallest absolute Gasteiger partial charge is 0.408 e. The van der Waals surface area contributed by atoms with Gasteiger partial charge in [0.15, 0.2) is 0 Å². The van der Waals surface area contributed by atoms with Crippen molar-refractivity contribution >= 4 is 29.6 Å². The van der Waals surface area contributed by atoms with Crippen LogP contribution in [0.3, 0.4) is 0 Å². The van der Waals surface area contributed by atoms with Crippen LogP contribution in [0.2, 0.25) is 0 Å². The lowest BCUT2D eigenvalue weighted by Gasteiger charge is -2.38. The molecule has 0 radical (unpaired) electrons. The third-order valence-corrected chi connectivity index (χ3v) is 7.68. The van der Waals surface area contributed by atoms with Crippen LogP contribution in [0.5, 0.6) is 0 Å². The number of carbonyl (C=O) groups excluding carboxylic acids is 5. The molecule has 1 unspecified atom stereocenters. The lowest BCUT2D eigenvalue weighted by atomic mass is 9.85. The number of nitrogens with zero attached hydrogens (tertiary/aromatic N) is 1. The molecule has 1 saturated heterocycles. The van der Waals surface area contributed by atoms with Crippen LogP contribution in [-0.4, -0.2) is 71.3 Å². The van der Waals surface area contributed by atoms with Gasteiger partial charge in [0, 0.05) is 13.1 Å². The predicted molar refractivity (Wildman–Crippen MR) is 153 cm³/mol. The summed E-state index contributed by atoms with van der Waals surface area (Å²) in [6, 6.07) is -2.86. The number of allylic oxidation sites excluding steroid dienone is 1. The standard InChI is InChI=1S/C30H48N4O6/c1-11-13-15-19(22(35)25(37)31-16-14-12-2)32-24(36)21-20-18(30(20,9)10)17-34(21)26(38)23(28(3,4)5)33-27(39)40-29(6,7)8/h11-12,18-21,23H,1-2,13-17H2,3-10H3,(H,31,37)(H,32,36)(H,33,39)/t18-,19?,20-,21-,23+/m0/s1. The van der Waals surface area contributed by atoms with Gasteiger partial charge in [-0.05, 0) is 62.7 Å². The second-order valence-electron chi connectivity index (χ2n) is 13.5. The zero-order chi connectivity index (χ0) is 30.6. The van der Waals surface area contributed by atoms with Crippen molar-refractivity contribution in [3.63, 3.8) is 0 Å². The van der Waals surface area contributed by atoms with Crippen LogP contribution in [0.15, 0.2) is 25.3 Å². The maximum absolute atomic E-state index is 14.0. The number of hydrogen-bond acceptors (Lipinski definition) is 6. The molecule has 0 aromatic heterocycles. The minimum atomic E-state index is -1.06. The molecule has 2 aliphatic rings. The Bertz CT molecular complexity index is 1020. The zero-order valence-electron chi connectivity index (χ0n) is 25.4. The molecule has 0 bridgehead atoms. The van der Waals surface area contributed by atoms with Crippen molar-refractivity contribution in [2.24, 2.45) is 22.7 Å². The number of hydrogen-bond donors (Lipinski definition) is 3. The molecule has 10 heteroatoms. The molecule has 2 fully saturated rings. The van der Waals surface area contributed by atoms with E-state index in [2.05, 4.69) is 43.0 Å². The van der Waals surface area contributed by atoms with E-state index in [9.17, 15) is 24.0 Å². The highest BCUT2D eigenvalue weighted by molar-refractivity contribution is 6.38. The number of ether oxygens (including phenoxy) is 1. The maximum Gasteiger partial charge on any atom is 0.408 e. The number of Topliss-reactive ketones (excluding diaryl/α,β-unsaturated/α-hetero) is 1. The molecule has 2 rings (SSSR count). The summed E-state index contributed by atoms with van der Waals surface area (Å²) in [5.74, 6) is -2.43. The topological polar surface area (TPSA) is 134 Å². The summed E-state index contributed by atoms with van der Waals surface area (Å²) in [5, 5.41) is 8.04. The molecule has 224 valence electrons. The Kier molecular flexibility index (Phi) is 10.4. The van der Waals surface area contributed by atoms with Gasteiger partial charge in [-0.3, -0.25) is 19.2 Å². The van der Waals surface area contributed by atoms with E-state index in [1.54, 1.807) is 32.9 Å². The molecule has 0 spiro atoms. The van der Waals surface area contributed by atoms with E-state index in [-0.39, 0.29) is 30.2 Å². The number of ketones is 1. The SMILES string of the molecule is C=CCCNC(=O)C(=O)C(CCC=C)NC(=O)[C@@H]1[C@@H]2[C@H](CN1C(=O)[C@@H](NC(=O)OC(C)(C)C)C(C)(C)C)C2(C)C. The monoisotopic (exact) mass is 560 g/mol. The van der Waals surface area contributed by atoms with Crippen molar-refractivity contribution in [3.8, 4) is 0 Å². The fourth-order valence-corrected chi connectivity index (χ4v) is 5.40. The van der Waals surface area contributed by atoms with Crippen LogP contribution in [-0.2, 0) is 23.9 Å². The Morgan fingerprint density at radius 1 is 1.00 bits per heavy atom.